The first-order valence-corrected chi connectivity index (χ1v) is 6.90. The minimum absolute atomic E-state index is 0.0166. The number of piperidine rings is 1. The second kappa shape index (κ2) is 5.97. The van der Waals surface area contributed by atoms with Crippen LogP contribution >= 0.6 is 11.6 Å². The largest absolute Gasteiger partial charge is 0.465 e. The average Bonchev–Trinajstić information content (AvgIpc) is 2.42. The van der Waals surface area contributed by atoms with E-state index in [1.165, 1.54) is 17.0 Å². The number of aliphatic hydroxyl groups excluding tert-OH is 1. The number of hydrogen-bond donors (Lipinski definition) is 2. The number of likely N-dealkylation sites (tertiary alicyclic amines) is 1. The number of aliphatic hydroxyl groups is 1. The standard InChI is InChI=1S/C14H17ClFNO3/c15-11-2-1-10(9-12(11)16)14(5-8-18)3-6-17(7-4-14)13(19)20/h1-2,9,18H,3-8H2,(H,19,20). The second-order valence-corrected chi connectivity index (χ2v) is 5.56. The molecular formula is C14H17ClFNO3. The Hall–Kier alpha value is -1.33. The van der Waals surface area contributed by atoms with Crippen LogP contribution in [0.5, 0.6) is 0 Å². The number of rotatable bonds is 3. The Labute approximate surface area is 121 Å². The number of nitrogens with zero attached hydrogens (tertiary/aromatic N) is 1. The van der Waals surface area contributed by atoms with Gasteiger partial charge < -0.3 is 15.1 Å². The summed E-state index contributed by atoms with van der Waals surface area (Å²) in [6.45, 7) is 0.760. The van der Waals surface area contributed by atoms with Gasteiger partial charge >= 0.3 is 6.09 Å². The zero-order chi connectivity index (χ0) is 14.8. The van der Waals surface area contributed by atoms with Crippen molar-refractivity contribution < 1.29 is 19.4 Å². The van der Waals surface area contributed by atoms with Crippen LogP contribution in [0.15, 0.2) is 18.2 Å². The molecule has 1 aliphatic rings. The Bertz CT molecular complexity index is 501. The SMILES string of the molecule is O=C(O)N1CCC(CCO)(c2ccc(Cl)c(F)c2)CC1. The van der Waals surface area contributed by atoms with Crippen molar-refractivity contribution >= 4 is 17.7 Å². The van der Waals surface area contributed by atoms with Gasteiger partial charge in [0.25, 0.3) is 0 Å². The lowest BCUT2D eigenvalue weighted by atomic mass is 9.70. The molecule has 1 aromatic rings. The summed E-state index contributed by atoms with van der Waals surface area (Å²) in [6, 6.07) is 4.67. The number of halogens is 2. The number of carbonyl (C=O) groups is 1. The molecule has 0 unspecified atom stereocenters. The Balaban J connectivity index is 2.26. The van der Waals surface area contributed by atoms with E-state index in [1.54, 1.807) is 6.07 Å². The molecule has 0 saturated carbocycles. The molecule has 1 fully saturated rings. The molecule has 0 atom stereocenters. The molecule has 2 rings (SSSR count). The molecule has 0 aromatic heterocycles. The van der Waals surface area contributed by atoms with E-state index in [-0.39, 0.29) is 17.0 Å². The predicted octanol–water partition coefficient (Wildman–Crippen LogP) is 2.87. The van der Waals surface area contributed by atoms with Crippen LogP contribution in [0.3, 0.4) is 0 Å². The van der Waals surface area contributed by atoms with Crippen molar-refractivity contribution in [2.24, 2.45) is 0 Å². The summed E-state index contributed by atoms with van der Waals surface area (Å²) < 4.78 is 13.7. The van der Waals surface area contributed by atoms with Gasteiger partial charge in [0.15, 0.2) is 0 Å². The number of hydrogen-bond acceptors (Lipinski definition) is 2. The molecule has 4 nitrogen and oxygen atoms in total. The van der Waals surface area contributed by atoms with Crippen molar-refractivity contribution in [3.8, 4) is 0 Å². The minimum atomic E-state index is -0.940. The highest BCUT2D eigenvalue weighted by molar-refractivity contribution is 6.30. The molecule has 0 aliphatic carbocycles. The molecule has 1 saturated heterocycles. The number of benzene rings is 1. The van der Waals surface area contributed by atoms with Crippen LogP contribution in [-0.2, 0) is 5.41 Å². The fraction of sp³-hybridized carbons (Fsp3) is 0.500. The van der Waals surface area contributed by atoms with Crippen LogP contribution in [-0.4, -0.2) is 40.9 Å². The summed E-state index contributed by atoms with van der Waals surface area (Å²) in [7, 11) is 0. The molecule has 110 valence electrons. The first-order valence-electron chi connectivity index (χ1n) is 6.53. The highest BCUT2D eigenvalue weighted by atomic mass is 35.5. The molecule has 1 heterocycles. The minimum Gasteiger partial charge on any atom is -0.465 e. The first-order chi connectivity index (χ1) is 9.48. The second-order valence-electron chi connectivity index (χ2n) is 5.15. The molecule has 2 N–H and O–H groups in total. The fourth-order valence-electron chi connectivity index (χ4n) is 2.85. The highest BCUT2D eigenvalue weighted by Crippen LogP contribution is 2.39. The van der Waals surface area contributed by atoms with Gasteiger partial charge in [-0.2, -0.15) is 0 Å². The zero-order valence-electron chi connectivity index (χ0n) is 11.0. The summed E-state index contributed by atoms with van der Waals surface area (Å²) in [6.07, 6.45) is 0.688. The topological polar surface area (TPSA) is 60.8 Å². The molecular weight excluding hydrogens is 285 g/mol. The molecule has 0 spiro atoms. The van der Waals surface area contributed by atoms with Crippen LogP contribution in [0.25, 0.3) is 0 Å². The maximum Gasteiger partial charge on any atom is 0.407 e. The van der Waals surface area contributed by atoms with Gasteiger partial charge in [-0.25, -0.2) is 9.18 Å². The lowest BCUT2D eigenvalue weighted by Crippen LogP contribution is -2.45. The summed E-state index contributed by atoms with van der Waals surface area (Å²) in [4.78, 5) is 12.3. The van der Waals surface area contributed by atoms with Gasteiger partial charge in [-0.05, 0) is 37.0 Å². The van der Waals surface area contributed by atoms with E-state index in [2.05, 4.69) is 0 Å². The third-order valence-corrected chi connectivity index (χ3v) is 4.42. The summed E-state index contributed by atoms with van der Waals surface area (Å²) >= 11 is 5.70. The third-order valence-electron chi connectivity index (χ3n) is 4.11. The predicted molar refractivity (Wildman–Crippen MR) is 73.6 cm³/mol. The van der Waals surface area contributed by atoms with E-state index in [4.69, 9.17) is 16.7 Å². The van der Waals surface area contributed by atoms with E-state index in [0.29, 0.717) is 32.4 Å². The molecule has 0 radical (unpaired) electrons. The maximum atomic E-state index is 13.7. The van der Waals surface area contributed by atoms with E-state index < -0.39 is 11.9 Å². The van der Waals surface area contributed by atoms with E-state index >= 15 is 0 Å². The van der Waals surface area contributed by atoms with Gasteiger partial charge in [0, 0.05) is 25.1 Å². The van der Waals surface area contributed by atoms with Crippen molar-refractivity contribution in [2.45, 2.75) is 24.7 Å². The van der Waals surface area contributed by atoms with Crippen LogP contribution in [0.4, 0.5) is 9.18 Å². The fourth-order valence-corrected chi connectivity index (χ4v) is 2.97. The van der Waals surface area contributed by atoms with Gasteiger partial charge in [-0.15, -0.1) is 0 Å². The number of carboxylic acid groups (broad SMARTS) is 1. The lowest BCUT2D eigenvalue weighted by Gasteiger charge is -2.41. The summed E-state index contributed by atoms with van der Waals surface area (Å²) in [5, 5.41) is 18.3. The average molecular weight is 302 g/mol. The summed E-state index contributed by atoms with van der Waals surface area (Å²) in [5.74, 6) is -0.484. The van der Waals surface area contributed by atoms with Crippen molar-refractivity contribution in [2.75, 3.05) is 19.7 Å². The summed E-state index contributed by atoms with van der Waals surface area (Å²) in [5.41, 5.74) is 0.394. The number of amides is 1. The maximum absolute atomic E-state index is 13.7. The molecule has 6 heteroatoms. The quantitative estimate of drug-likeness (QED) is 0.902. The van der Waals surface area contributed by atoms with Crippen molar-refractivity contribution in [1.82, 2.24) is 4.90 Å². The molecule has 20 heavy (non-hydrogen) atoms. The van der Waals surface area contributed by atoms with Gasteiger partial charge in [0.2, 0.25) is 0 Å². The van der Waals surface area contributed by atoms with E-state index in [0.717, 1.165) is 5.56 Å². The Morgan fingerprint density at radius 2 is 2.05 bits per heavy atom. The van der Waals surface area contributed by atoms with Crippen LogP contribution in [0.2, 0.25) is 5.02 Å². The first kappa shape index (κ1) is 15.1. The Morgan fingerprint density at radius 1 is 1.40 bits per heavy atom. The Kier molecular flexibility index (Phi) is 4.50. The molecule has 0 bridgehead atoms. The van der Waals surface area contributed by atoms with Crippen molar-refractivity contribution in [1.29, 1.82) is 0 Å². The van der Waals surface area contributed by atoms with Crippen LogP contribution in [0.1, 0.15) is 24.8 Å². The monoisotopic (exact) mass is 301 g/mol. The smallest absolute Gasteiger partial charge is 0.407 e. The Morgan fingerprint density at radius 3 is 2.55 bits per heavy atom. The molecule has 1 aromatic carbocycles. The van der Waals surface area contributed by atoms with Gasteiger partial charge in [0.1, 0.15) is 5.82 Å². The van der Waals surface area contributed by atoms with Crippen molar-refractivity contribution in [3.63, 3.8) is 0 Å². The van der Waals surface area contributed by atoms with Crippen molar-refractivity contribution in [3.05, 3.63) is 34.6 Å². The van der Waals surface area contributed by atoms with Gasteiger partial charge in [0.05, 0.1) is 5.02 Å². The third kappa shape index (κ3) is 2.88. The highest BCUT2D eigenvalue weighted by Gasteiger charge is 2.37. The zero-order valence-corrected chi connectivity index (χ0v) is 11.7. The lowest BCUT2D eigenvalue weighted by molar-refractivity contribution is 0.106. The van der Waals surface area contributed by atoms with Gasteiger partial charge in [-0.1, -0.05) is 17.7 Å². The molecule has 1 amide bonds. The molecule has 1 aliphatic heterocycles. The van der Waals surface area contributed by atoms with Crippen LogP contribution in [0, 0.1) is 5.82 Å². The van der Waals surface area contributed by atoms with Gasteiger partial charge in [-0.3, -0.25) is 0 Å². The van der Waals surface area contributed by atoms with E-state index in [1.807, 2.05) is 0 Å². The normalized spacial score (nSPS) is 18.1. The van der Waals surface area contributed by atoms with Crippen LogP contribution < -0.4 is 0 Å². The van der Waals surface area contributed by atoms with E-state index in [9.17, 15) is 14.3 Å².